The summed E-state index contributed by atoms with van der Waals surface area (Å²) >= 11 is 0. The van der Waals surface area contributed by atoms with Gasteiger partial charge in [0, 0.05) is 29.6 Å². The number of nitrogens with one attached hydrogen (secondary N) is 4. The van der Waals surface area contributed by atoms with E-state index >= 15 is 0 Å². The number of benzene rings is 1. The summed E-state index contributed by atoms with van der Waals surface area (Å²) in [6, 6.07) is 3.78. The summed E-state index contributed by atoms with van der Waals surface area (Å²) in [5, 5.41) is 12.8. The molecule has 2 heterocycles. The lowest BCUT2D eigenvalue weighted by Gasteiger charge is -2.36. The predicted molar refractivity (Wildman–Crippen MR) is 183 cm³/mol. The van der Waals surface area contributed by atoms with Crippen molar-refractivity contribution in [2.24, 2.45) is 11.3 Å². The maximum Gasteiger partial charge on any atom is 0.315 e. The molecule has 2 unspecified atom stereocenters. The van der Waals surface area contributed by atoms with Crippen LogP contribution in [0, 0.1) is 11.3 Å². The molecule has 266 valence electrons. The Labute approximate surface area is 287 Å². The number of urea groups is 1. The van der Waals surface area contributed by atoms with Crippen LogP contribution >= 0.6 is 0 Å². The van der Waals surface area contributed by atoms with Crippen LogP contribution in [0.3, 0.4) is 0 Å². The first-order valence-electron chi connectivity index (χ1n) is 17.2. The molecule has 13 heteroatoms. The maximum absolute atomic E-state index is 14.4. The number of likely N-dealkylation sites (tertiary alicyclic amines) is 1. The van der Waals surface area contributed by atoms with E-state index in [1.165, 1.54) is 4.90 Å². The van der Waals surface area contributed by atoms with E-state index in [9.17, 15) is 24.0 Å². The van der Waals surface area contributed by atoms with Gasteiger partial charge in [0.05, 0.1) is 19.7 Å². The van der Waals surface area contributed by atoms with Crippen molar-refractivity contribution in [1.82, 2.24) is 31.2 Å². The summed E-state index contributed by atoms with van der Waals surface area (Å²) in [5.74, 6) is -1.14. The highest BCUT2D eigenvalue weighted by molar-refractivity contribution is 6.38. The number of carbonyl (C=O) groups is 5. The van der Waals surface area contributed by atoms with Crippen LogP contribution in [0.15, 0.2) is 30.5 Å². The molecule has 1 aromatic heterocycles. The van der Waals surface area contributed by atoms with Crippen molar-refractivity contribution in [3.63, 3.8) is 0 Å². The molecule has 4 N–H and O–H groups in total. The van der Waals surface area contributed by atoms with Gasteiger partial charge in [0.2, 0.25) is 23.5 Å². The second-order valence-electron chi connectivity index (χ2n) is 15.7. The summed E-state index contributed by atoms with van der Waals surface area (Å²) in [6.07, 6.45) is 4.94. The highest BCUT2D eigenvalue weighted by Crippen LogP contribution is 2.35. The number of ketones is 1. The van der Waals surface area contributed by atoms with E-state index in [2.05, 4.69) is 26.3 Å². The van der Waals surface area contributed by atoms with Crippen molar-refractivity contribution >= 4 is 40.3 Å². The molecule has 3 fully saturated rings. The molecule has 49 heavy (non-hydrogen) atoms. The molecule has 1 aliphatic heterocycles. The zero-order chi connectivity index (χ0) is 35.7. The van der Waals surface area contributed by atoms with Crippen molar-refractivity contribution in [1.29, 1.82) is 0 Å². The Morgan fingerprint density at radius 1 is 0.980 bits per heavy atom. The number of rotatable bonds is 12. The van der Waals surface area contributed by atoms with Crippen LogP contribution in [-0.4, -0.2) is 88.9 Å². The van der Waals surface area contributed by atoms with Gasteiger partial charge in [-0.15, -0.1) is 0 Å². The van der Waals surface area contributed by atoms with Gasteiger partial charge >= 0.3 is 6.03 Å². The van der Waals surface area contributed by atoms with Gasteiger partial charge in [0.1, 0.15) is 23.9 Å². The number of ether oxygens (including phenoxy) is 2. The molecule has 5 amide bonds. The number of amides is 5. The second kappa shape index (κ2) is 14.2. The molecule has 1 saturated heterocycles. The van der Waals surface area contributed by atoms with Gasteiger partial charge < -0.3 is 35.6 Å². The van der Waals surface area contributed by atoms with Crippen LogP contribution in [0.1, 0.15) is 80.1 Å². The smallest absolute Gasteiger partial charge is 0.315 e. The lowest BCUT2D eigenvalue weighted by molar-refractivity contribution is -0.144. The van der Waals surface area contributed by atoms with Crippen molar-refractivity contribution < 1.29 is 33.4 Å². The first-order chi connectivity index (χ1) is 23.0. The van der Waals surface area contributed by atoms with Gasteiger partial charge in [-0.25, -0.2) is 9.78 Å². The number of carbonyl (C=O) groups excluding carboxylic acids is 5. The van der Waals surface area contributed by atoms with Crippen LogP contribution < -0.4 is 30.7 Å². The fourth-order valence-electron chi connectivity index (χ4n) is 6.03. The zero-order valence-electron chi connectivity index (χ0n) is 29.6. The Morgan fingerprint density at radius 3 is 2.31 bits per heavy atom. The van der Waals surface area contributed by atoms with Gasteiger partial charge in [0.15, 0.2) is 0 Å². The number of aromatic nitrogens is 1. The SMILES string of the molecule is COc1ccc2c(OC3CC(C(=O)N[C@@H](CC4CC4)C(=O)C(=O)NC4CC4)N(C(=O)[C@@H](NC(=O)NC(C)(C)C)C(C)(C)C)C3)nccc2c1. The molecule has 0 bridgehead atoms. The summed E-state index contributed by atoms with van der Waals surface area (Å²) in [5.41, 5.74) is -1.27. The van der Waals surface area contributed by atoms with Crippen molar-refractivity contribution in [2.45, 2.75) is 116 Å². The van der Waals surface area contributed by atoms with E-state index < -0.39 is 64.7 Å². The standard InChI is InChI=1S/C36H50N6O7/c1-35(2,3)29(40-34(47)41-36(4,5)6)33(46)42-19-24(49-32-25-13-12-23(48-7)17-21(25)14-15-37-32)18-27(42)30(44)39-26(16-20-8-9-20)28(43)31(45)38-22-10-11-22/h12-15,17,20,22,24,26-27,29H,8-11,16,18-19H2,1-7H3,(H,38,45)(H,39,44)(H2,40,41,47)/t24?,26-,27?,29+/m0/s1. The van der Waals surface area contributed by atoms with Gasteiger partial charge in [-0.2, -0.15) is 0 Å². The van der Waals surface area contributed by atoms with Gasteiger partial charge in [-0.1, -0.05) is 33.6 Å². The Hall–Kier alpha value is -4.42. The van der Waals surface area contributed by atoms with Gasteiger partial charge in [-0.05, 0) is 81.0 Å². The molecule has 4 atom stereocenters. The lowest BCUT2D eigenvalue weighted by Crippen LogP contribution is -2.61. The fourth-order valence-corrected chi connectivity index (χ4v) is 6.03. The monoisotopic (exact) mass is 678 g/mol. The molecule has 1 aromatic carbocycles. The number of methoxy groups -OCH3 is 1. The Balaban J connectivity index is 1.41. The minimum atomic E-state index is -1.04. The van der Waals surface area contributed by atoms with Crippen LogP contribution in [0.4, 0.5) is 4.79 Å². The zero-order valence-corrected chi connectivity index (χ0v) is 29.6. The number of hydrogen-bond donors (Lipinski definition) is 4. The van der Waals surface area contributed by atoms with Crippen molar-refractivity contribution in [3.8, 4) is 11.6 Å². The molecular formula is C36H50N6O7. The van der Waals surface area contributed by atoms with Crippen LogP contribution in [-0.2, 0) is 19.2 Å². The average molecular weight is 679 g/mol. The molecule has 5 rings (SSSR count). The third-order valence-corrected chi connectivity index (χ3v) is 8.97. The Kier molecular flexibility index (Phi) is 10.4. The Bertz CT molecular complexity index is 1590. The summed E-state index contributed by atoms with van der Waals surface area (Å²) in [7, 11) is 1.59. The number of hydrogen-bond acceptors (Lipinski definition) is 8. The van der Waals surface area contributed by atoms with Crippen LogP contribution in [0.25, 0.3) is 10.8 Å². The summed E-state index contributed by atoms with van der Waals surface area (Å²) < 4.78 is 11.8. The number of pyridine rings is 1. The third kappa shape index (κ3) is 9.39. The van der Waals surface area contributed by atoms with E-state index in [0.717, 1.165) is 36.5 Å². The van der Waals surface area contributed by atoms with Gasteiger partial charge in [-0.3, -0.25) is 19.2 Å². The first kappa shape index (κ1) is 35.9. The molecule has 3 aliphatic rings. The third-order valence-electron chi connectivity index (χ3n) is 8.97. The van der Waals surface area contributed by atoms with E-state index in [-0.39, 0.29) is 24.9 Å². The normalized spacial score (nSPS) is 20.6. The number of fused-ring (bicyclic) bond motifs is 1. The van der Waals surface area contributed by atoms with Crippen LogP contribution in [0.5, 0.6) is 11.6 Å². The molecule has 0 spiro atoms. The molecule has 0 radical (unpaired) electrons. The van der Waals surface area contributed by atoms with Crippen molar-refractivity contribution in [2.75, 3.05) is 13.7 Å². The number of Topliss-reactive ketones (excluding diaryl/α,β-unsaturated/α-hetero) is 1. The first-order valence-corrected chi connectivity index (χ1v) is 17.2. The van der Waals surface area contributed by atoms with Crippen LogP contribution in [0.2, 0.25) is 0 Å². The maximum atomic E-state index is 14.4. The topological polar surface area (TPSA) is 168 Å². The van der Waals surface area contributed by atoms with Gasteiger partial charge in [0.25, 0.3) is 5.91 Å². The van der Waals surface area contributed by atoms with E-state index in [0.29, 0.717) is 18.1 Å². The minimum absolute atomic E-state index is 0.00402. The Morgan fingerprint density at radius 2 is 1.69 bits per heavy atom. The van der Waals surface area contributed by atoms with Crippen molar-refractivity contribution in [3.05, 3.63) is 30.5 Å². The molecule has 2 aliphatic carbocycles. The fraction of sp³-hybridized carbons (Fsp3) is 0.611. The lowest BCUT2D eigenvalue weighted by atomic mass is 9.85. The molecule has 13 nitrogen and oxygen atoms in total. The molecular weight excluding hydrogens is 628 g/mol. The van der Waals surface area contributed by atoms with E-state index in [4.69, 9.17) is 9.47 Å². The van der Waals surface area contributed by atoms with E-state index in [1.54, 1.807) is 19.4 Å². The summed E-state index contributed by atoms with van der Waals surface area (Å²) in [4.78, 5) is 73.5. The molecule has 2 saturated carbocycles. The number of nitrogens with zero attached hydrogens (tertiary/aromatic N) is 2. The summed E-state index contributed by atoms with van der Waals surface area (Å²) in [6.45, 7) is 11.1. The van der Waals surface area contributed by atoms with E-state index in [1.807, 2.05) is 59.7 Å². The highest BCUT2D eigenvalue weighted by atomic mass is 16.5. The highest BCUT2D eigenvalue weighted by Gasteiger charge is 2.47. The predicted octanol–water partition coefficient (Wildman–Crippen LogP) is 3.24. The quantitative estimate of drug-likeness (QED) is 0.248. The minimum Gasteiger partial charge on any atom is -0.497 e. The average Bonchev–Trinajstić information content (AvgIpc) is 3.96. The largest absolute Gasteiger partial charge is 0.497 e. The second-order valence-corrected chi connectivity index (χ2v) is 15.7. The molecule has 2 aromatic rings.